The molecule has 0 spiro atoms. The van der Waals surface area contributed by atoms with Crippen molar-refractivity contribution in [3.05, 3.63) is 48.2 Å². The molecule has 1 aliphatic heterocycles. The fourth-order valence-corrected chi connectivity index (χ4v) is 3.54. The smallest absolute Gasteiger partial charge is 0.387 e. The van der Waals surface area contributed by atoms with Crippen LogP contribution in [0.5, 0.6) is 5.75 Å². The highest BCUT2D eigenvalue weighted by molar-refractivity contribution is 5.80. The predicted molar refractivity (Wildman–Crippen MR) is 120 cm³/mol. The SMILES string of the molecule is CN=C(NCc1cccc(N(C)C)n1)NC1CCCN(c2ccc(OC(F)F)cc2)C1. The summed E-state index contributed by atoms with van der Waals surface area (Å²) in [4.78, 5) is 13.2. The zero-order chi connectivity index (χ0) is 22.2. The van der Waals surface area contributed by atoms with Crippen molar-refractivity contribution in [2.45, 2.75) is 32.0 Å². The molecule has 1 atom stereocenters. The van der Waals surface area contributed by atoms with Gasteiger partial charge in [0.05, 0.1) is 12.2 Å². The van der Waals surface area contributed by atoms with Crippen molar-refractivity contribution in [2.24, 2.45) is 4.99 Å². The molecule has 1 aromatic heterocycles. The lowest BCUT2D eigenvalue weighted by Crippen LogP contribution is -2.51. The van der Waals surface area contributed by atoms with E-state index in [0.717, 1.165) is 49.1 Å². The van der Waals surface area contributed by atoms with Crippen molar-refractivity contribution in [1.82, 2.24) is 15.6 Å². The second-order valence-corrected chi connectivity index (χ2v) is 7.61. The van der Waals surface area contributed by atoms with E-state index in [9.17, 15) is 8.78 Å². The average molecular weight is 433 g/mol. The molecule has 2 N–H and O–H groups in total. The number of aromatic nitrogens is 1. The van der Waals surface area contributed by atoms with E-state index in [1.54, 1.807) is 19.2 Å². The number of nitrogens with zero attached hydrogens (tertiary/aromatic N) is 4. The molecule has 0 bridgehead atoms. The number of rotatable bonds is 7. The fourth-order valence-electron chi connectivity index (χ4n) is 3.54. The van der Waals surface area contributed by atoms with Crippen LogP contribution in [0.15, 0.2) is 47.5 Å². The molecular weight excluding hydrogens is 402 g/mol. The minimum absolute atomic E-state index is 0.169. The van der Waals surface area contributed by atoms with Crippen LogP contribution in [0, 0.1) is 0 Å². The normalized spacial score (nSPS) is 16.9. The number of hydrogen-bond donors (Lipinski definition) is 2. The van der Waals surface area contributed by atoms with E-state index in [0.29, 0.717) is 6.54 Å². The number of benzene rings is 1. The second kappa shape index (κ2) is 10.8. The topological polar surface area (TPSA) is 65.0 Å². The quantitative estimate of drug-likeness (QED) is 0.518. The van der Waals surface area contributed by atoms with E-state index >= 15 is 0 Å². The Bertz CT molecular complexity index is 859. The van der Waals surface area contributed by atoms with Gasteiger partial charge in [0.1, 0.15) is 11.6 Å². The summed E-state index contributed by atoms with van der Waals surface area (Å²) >= 11 is 0. The number of aliphatic imine (C=N–C) groups is 1. The van der Waals surface area contributed by atoms with Crippen LogP contribution in [-0.4, -0.2) is 57.8 Å². The summed E-state index contributed by atoms with van der Waals surface area (Å²) in [5.74, 6) is 1.81. The lowest BCUT2D eigenvalue weighted by Gasteiger charge is -2.35. The van der Waals surface area contributed by atoms with Gasteiger partial charge in [0.15, 0.2) is 5.96 Å². The maximum atomic E-state index is 12.3. The van der Waals surface area contributed by atoms with Gasteiger partial charge in [-0.1, -0.05) is 6.07 Å². The first-order chi connectivity index (χ1) is 14.9. The maximum absolute atomic E-state index is 12.3. The minimum atomic E-state index is -2.81. The number of hydrogen-bond acceptors (Lipinski definition) is 5. The van der Waals surface area contributed by atoms with E-state index < -0.39 is 6.61 Å². The Morgan fingerprint density at radius 1 is 1.26 bits per heavy atom. The first kappa shape index (κ1) is 22.6. The van der Waals surface area contributed by atoms with E-state index in [1.807, 2.05) is 49.3 Å². The van der Waals surface area contributed by atoms with E-state index in [1.165, 1.54) is 0 Å². The van der Waals surface area contributed by atoms with Gasteiger partial charge in [0.25, 0.3) is 0 Å². The number of ether oxygens (including phenoxy) is 1. The molecule has 9 heteroatoms. The third-order valence-electron chi connectivity index (χ3n) is 5.10. The number of pyridine rings is 1. The minimum Gasteiger partial charge on any atom is -0.435 e. The molecule has 0 aliphatic carbocycles. The van der Waals surface area contributed by atoms with Gasteiger partial charge in [-0.2, -0.15) is 8.78 Å². The van der Waals surface area contributed by atoms with Crippen LogP contribution in [0.25, 0.3) is 0 Å². The van der Waals surface area contributed by atoms with Gasteiger partial charge in [-0.15, -0.1) is 0 Å². The molecule has 0 radical (unpaired) electrons. The first-order valence-electron chi connectivity index (χ1n) is 10.3. The fraction of sp³-hybridized carbons (Fsp3) is 0.455. The summed E-state index contributed by atoms with van der Waals surface area (Å²) < 4.78 is 29.1. The van der Waals surface area contributed by atoms with Gasteiger partial charge in [0, 0.05) is 46.0 Å². The Labute approximate surface area is 182 Å². The molecule has 0 saturated carbocycles. The summed E-state index contributed by atoms with van der Waals surface area (Å²) in [5, 5.41) is 6.82. The lowest BCUT2D eigenvalue weighted by atomic mass is 10.0. The van der Waals surface area contributed by atoms with Gasteiger partial charge in [0.2, 0.25) is 0 Å². The number of nitrogens with one attached hydrogen (secondary N) is 2. The van der Waals surface area contributed by atoms with Crippen molar-refractivity contribution in [1.29, 1.82) is 0 Å². The van der Waals surface area contributed by atoms with Crippen LogP contribution in [0.4, 0.5) is 20.3 Å². The van der Waals surface area contributed by atoms with Gasteiger partial charge in [-0.25, -0.2) is 4.98 Å². The van der Waals surface area contributed by atoms with Crippen LogP contribution >= 0.6 is 0 Å². The summed E-state index contributed by atoms with van der Waals surface area (Å²) in [6, 6.07) is 13.0. The van der Waals surface area contributed by atoms with Crippen molar-refractivity contribution in [3.8, 4) is 5.75 Å². The molecule has 2 heterocycles. The summed E-state index contributed by atoms with van der Waals surface area (Å²) in [6.45, 7) is -0.525. The summed E-state index contributed by atoms with van der Waals surface area (Å²) in [5.41, 5.74) is 1.92. The number of halogens is 2. The van der Waals surface area contributed by atoms with Crippen LogP contribution < -0.4 is 25.2 Å². The maximum Gasteiger partial charge on any atom is 0.387 e. The summed E-state index contributed by atoms with van der Waals surface area (Å²) in [7, 11) is 5.68. The van der Waals surface area contributed by atoms with Gasteiger partial charge < -0.3 is 25.2 Å². The monoisotopic (exact) mass is 432 g/mol. The van der Waals surface area contributed by atoms with Crippen molar-refractivity contribution in [2.75, 3.05) is 44.0 Å². The van der Waals surface area contributed by atoms with E-state index in [2.05, 4.69) is 30.2 Å². The molecule has 3 rings (SSSR count). The van der Waals surface area contributed by atoms with Crippen LogP contribution in [0.1, 0.15) is 18.5 Å². The Morgan fingerprint density at radius 3 is 2.71 bits per heavy atom. The Balaban J connectivity index is 1.54. The summed E-state index contributed by atoms with van der Waals surface area (Å²) in [6.07, 6.45) is 2.05. The molecule has 1 aliphatic rings. The largest absolute Gasteiger partial charge is 0.435 e. The van der Waals surface area contributed by atoms with Crippen molar-refractivity contribution < 1.29 is 13.5 Å². The molecule has 2 aromatic rings. The highest BCUT2D eigenvalue weighted by atomic mass is 19.3. The number of guanidine groups is 1. The van der Waals surface area contributed by atoms with Crippen LogP contribution in [0.2, 0.25) is 0 Å². The first-order valence-corrected chi connectivity index (χ1v) is 10.3. The molecule has 7 nitrogen and oxygen atoms in total. The lowest BCUT2D eigenvalue weighted by molar-refractivity contribution is -0.0498. The van der Waals surface area contributed by atoms with Crippen molar-refractivity contribution >= 4 is 17.5 Å². The van der Waals surface area contributed by atoms with Crippen LogP contribution in [-0.2, 0) is 6.54 Å². The number of anilines is 2. The van der Waals surface area contributed by atoms with Gasteiger partial charge in [-0.3, -0.25) is 4.99 Å². The Kier molecular flexibility index (Phi) is 7.86. The highest BCUT2D eigenvalue weighted by Crippen LogP contribution is 2.23. The number of alkyl halides is 2. The third kappa shape index (κ3) is 6.70. The zero-order valence-electron chi connectivity index (χ0n) is 18.2. The molecular formula is C22H30F2N6O. The molecule has 1 saturated heterocycles. The standard InChI is InChI=1S/C22H30F2N6O/c1-25-22(26-14-16-6-4-8-20(27-16)29(2)3)28-17-7-5-13-30(15-17)18-9-11-19(12-10-18)31-21(23)24/h4,6,8-12,17,21H,5,7,13-15H2,1-3H3,(H2,25,26,28). The average Bonchev–Trinajstić information content (AvgIpc) is 2.77. The molecule has 1 aromatic carbocycles. The highest BCUT2D eigenvalue weighted by Gasteiger charge is 2.21. The van der Waals surface area contributed by atoms with E-state index in [4.69, 9.17) is 0 Å². The van der Waals surface area contributed by atoms with Gasteiger partial charge >= 0.3 is 6.61 Å². The van der Waals surface area contributed by atoms with Crippen molar-refractivity contribution in [3.63, 3.8) is 0 Å². The van der Waals surface area contributed by atoms with Crippen LogP contribution in [0.3, 0.4) is 0 Å². The Hall–Kier alpha value is -3.10. The Morgan fingerprint density at radius 2 is 2.03 bits per heavy atom. The molecule has 1 fully saturated rings. The predicted octanol–water partition coefficient (Wildman–Crippen LogP) is 3.08. The third-order valence-corrected chi connectivity index (χ3v) is 5.10. The molecule has 0 amide bonds. The zero-order valence-corrected chi connectivity index (χ0v) is 18.2. The molecule has 168 valence electrons. The van der Waals surface area contributed by atoms with E-state index in [-0.39, 0.29) is 11.8 Å². The molecule has 1 unspecified atom stereocenters. The second-order valence-electron chi connectivity index (χ2n) is 7.61. The molecule has 31 heavy (non-hydrogen) atoms. The van der Waals surface area contributed by atoms with Gasteiger partial charge in [-0.05, 0) is 49.2 Å². The number of piperidine rings is 1.